The second-order valence-corrected chi connectivity index (χ2v) is 23.7. The zero-order valence-electron chi connectivity index (χ0n) is 42.6. The van der Waals surface area contributed by atoms with Crippen molar-refractivity contribution in [2.24, 2.45) is 46.3 Å². The molecular weight excluding hydrogens is 965 g/mol. The molecule has 4 saturated heterocycles. The van der Waals surface area contributed by atoms with Crippen LogP contribution < -0.4 is 0 Å². The highest BCUT2D eigenvalue weighted by Crippen LogP contribution is 2.70. The molecule has 9 aliphatic rings. The number of hydrogen-bond acceptors (Lipinski definition) is 22. The Hall–Kier alpha value is -1.30. The van der Waals surface area contributed by atoms with Crippen LogP contribution >= 0.6 is 0 Å². The van der Waals surface area contributed by atoms with Crippen LogP contribution in [0.5, 0.6) is 0 Å². The Balaban J connectivity index is 0.836. The van der Waals surface area contributed by atoms with Crippen LogP contribution in [0.25, 0.3) is 0 Å². The smallest absolute Gasteiger partial charge is 0.187 e. The van der Waals surface area contributed by atoms with Gasteiger partial charge in [-0.05, 0) is 118 Å². The zero-order valence-corrected chi connectivity index (χ0v) is 42.6. The zero-order chi connectivity index (χ0) is 52.6. The first-order valence-corrected chi connectivity index (χ1v) is 26.8. The third-order valence-electron chi connectivity index (χ3n) is 19.4. The van der Waals surface area contributed by atoms with Crippen LogP contribution in [0.3, 0.4) is 0 Å². The summed E-state index contributed by atoms with van der Waals surface area (Å²) in [5.41, 5.74) is 1.44. The molecule has 8 fully saturated rings. The van der Waals surface area contributed by atoms with Crippen molar-refractivity contribution in [1.29, 1.82) is 0 Å². The van der Waals surface area contributed by atoms with E-state index in [9.17, 15) is 66.4 Å². The monoisotopic (exact) mass is 1050 g/mol. The fourth-order valence-corrected chi connectivity index (χ4v) is 15.1. The van der Waals surface area contributed by atoms with Crippen molar-refractivity contribution in [3.8, 4) is 0 Å². The Labute approximate surface area is 426 Å². The Bertz CT molecular complexity index is 1880. The highest BCUT2D eigenvalue weighted by atomic mass is 16.8. The lowest BCUT2D eigenvalue weighted by molar-refractivity contribution is -0.390. The van der Waals surface area contributed by atoms with E-state index in [1.54, 1.807) is 0 Å². The first-order valence-electron chi connectivity index (χ1n) is 26.8. The second-order valence-electron chi connectivity index (χ2n) is 23.7. The lowest BCUT2D eigenvalue weighted by Gasteiger charge is -2.61. The number of aliphatic hydroxyl groups is 13. The van der Waals surface area contributed by atoms with E-state index in [4.69, 9.17) is 42.6 Å². The molecule has 4 aliphatic carbocycles. The van der Waals surface area contributed by atoms with E-state index in [0.717, 1.165) is 57.1 Å². The molecule has 0 radical (unpaired) electrons. The van der Waals surface area contributed by atoms with Gasteiger partial charge in [-0.2, -0.15) is 0 Å². The largest absolute Gasteiger partial charge is 0.494 e. The summed E-state index contributed by atoms with van der Waals surface area (Å²) in [6.45, 7) is 8.95. The average Bonchev–Trinajstić information content (AvgIpc) is 3.86. The van der Waals surface area contributed by atoms with Gasteiger partial charge in [0.2, 0.25) is 0 Å². The van der Waals surface area contributed by atoms with Gasteiger partial charge in [-0.25, -0.2) is 0 Å². The summed E-state index contributed by atoms with van der Waals surface area (Å²) in [7, 11) is 0. The summed E-state index contributed by atoms with van der Waals surface area (Å²) in [6.07, 6.45) is -21.1. The quantitative estimate of drug-likeness (QED) is 0.0791. The summed E-state index contributed by atoms with van der Waals surface area (Å²) in [6, 6.07) is 0. The van der Waals surface area contributed by atoms with E-state index < -0.39 is 143 Å². The third-order valence-corrected chi connectivity index (χ3v) is 19.4. The molecule has 73 heavy (non-hydrogen) atoms. The molecule has 5 aliphatic heterocycles. The lowest BCUT2D eigenvalue weighted by atomic mass is 9.44. The molecule has 0 aromatic carbocycles. The SMILES string of the molecule is CC1=C(CC[C@H](C)CO[C@@H]2O[C@H](CO)[C@@H](O)[C@H](O)[C@H]2O)O[C@H]2C[C@H]3[C@@H]4CC[C@@H]5C[C@@H](O[C@@H]6O[C@H](CO)[C@H](O[C@@H]7O[C@H](CO)[C@@H](O)[C@H](O)[C@H]7O)[C@H](O)[C@H]6O[C@@H]6O[C@@H](C)[C@H](O)[C@@H](O)[C@H]6O)CC[C@]5(C)[C@H]4CC[C@]3(C)[C@@H]12. The number of aliphatic hydroxyl groups excluding tert-OH is 13. The Morgan fingerprint density at radius 3 is 1.81 bits per heavy atom. The maximum absolute atomic E-state index is 12.1. The summed E-state index contributed by atoms with van der Waals surface area (Å²) < 4.78 is 54.7. The third kappa shape index (κ3) is 10.3. The Morgan fingerprint density at radius 1 is 0.575 bits per heavy atom. The van der Waals surface area contributed by atoms with Gasteiger partial charge in [0.25, 0.3) is 0 Å². The van der Waals surface area contributed by atoms with Gasteiger partial charge in [0, 0.05) is 12.3 Å². The van der Waals surface area contributed by atoms with E-state index in [2.05, 4.69) is 20.8 Å². The van der Waals surface area contributed by atoms with Crippen molar-refractivity contribution in [2.75, 3.05) is 26.4 Å². The van der Waals surface area contributed by atoms with Crippen LogP contribution in [0.4, 0.5) is 0 Å². The molecule has 0 bridgehead atoms. The van der Waals surface area contributed by atoms with Crippen LogP contribution in [0.15, 0.2) is 11.3 Å². The van der Waals surface area contributed by atoms with Crippen LogP contribution in [-0.2, 0) is 42.6 Å². The van der Waals surface area contributed by atoms with E-state index in [-0.39, 0.29) is 35.6 Å². The molecule has 0 aromatic heterocycles. The van der Waals surface area contributed by atoms with Crippen molar-refractivity contribution < 1.29 is 109 Å². The number of ether oxygens (including phenoxy) is 9. The fraction of sp³-hybridized carbons (Fsp3) is 0.961. The van der Waals surface area contributed by atoms with Crippen LogP contribution in [0.1, 0.15) is 98.8 Å². The van der Waals surface area contributed by atoms with Gasteiger partial charge in [-0.1, -0.05) is 20.8 Å². The minimum Gasteiger partial charge on any atom is -0.494 e. The minimum absolute atomic E-state index is 0.0283. The van der Waals surface area contributed by atoms with Gasteiger partial charge >= 0.3 is 0 Å². The molecular formula is C51H84O22. The van der Waals surface area contributed by atoms with Crippen molar-refractivity contribution in [2.45, 2.75) is 234 Å². The molecule has 4 saturated carbocycles. The van der Waals surface area contributed by atoms with E-state index in [1.807, 2.05) is 6.92 Å². The molecule has 22 nitrogen and oxygen atoms in total. The van der Waals surface area contributed by atoms with E-state index in [1.165, 1.54) is 12.5 Å². The summed E-state index contributed by atoms with van der Waals surface area (Å²) in [4.78, 5) is 0. The number of fused-ring (bicyclic) bond motifs is 7. The molecule has 9 rings (SSSR count). The van der Waals surface area contributed by atoms with E-state index >= 15 is 0 Å². The lowest BCUT2D eigenvalue weighted by Crippen LogP contribution is -2.67. The van der Waals surface area contributed by atoms with Crippen LogP contribution in [-0.4, -0.2) is 228 Å². The first kappa shape index (κ1) is 56.4. The van der Waals surface area contributed by atoms with Crippen molar-refractivity contribution >= 4 is 0 Å². The van der Waals surface area contributed by atoms with Gasteiger partial charge in [0.15, 0.2) is 25.2 Å². The first-order chi connectivity index (χ1) is 34.6. The van der Waals surface area contributed by atoms with Gasteiger partial charge in [-0.3, -0.25) is 0 Å². The Morgan fingerprint density at radius 2 is 1.15 bits per heavy atom. The molecule has 22 heteroatoms. The van der Waals surface area contributed by atoms with Crippen molar-refractivity contribution in [1.82, 2.24) is 0 Å². The van der Waals surface area contributed by atoms with Crippen LogP contribution in [0.2, 0.25) is 0 Å². The second kappa shape index (κ2) is 22.4. The summed E-state index contributed by atoms with van der Waals surface area (Å²) in [5, 5.41) is 136. The minimum atomic E-state index is -1.84. The molecule has 13 N–H and O–H groups in total. The van der Waals surface area contributed by atoms with E-state index in [0.29, 0.717) is 42.4 Å². The standard InChI is InChI=1S/C51H84O22/c1-20(19-65-46-40(61)38(59)35(56)30(16-52)69-46)6-9-28-21(2)33-29(68-28)15-27-25-8-7-23-14-24(10-12-50(23,4)26(25)11-13-51(27,33)5)67-49-45(73-47-41(62)37(58)34(55)22(3)66-47)43(64)44(32(18-54)71-49)72-48-42(63)39(60)36(57)31(17-53)70-48/h20,22-27,29-49,52-64H,6-19H2,1-5H3/t20-,22-,23+,24-,25+,26-,27-,29-,30+,31+,32+,33-,34-,35+,36+,37+,38-,39-,40+,41+,42+,43-,44-,45+,46+,47-,48-,49+,50-,51-/m0/s1. The topological polar surface area (TPSA) is 346 Å². The highest BCUT2D eigenvalue weighted by Gasteiger charge is 2.65. The fourth-order valence-electron chi connectivity index (χ4n) is 15.1. The van der Waals surface area contributed by atoms with Gasteiger partial charge in [0.05, 0.1) is 44.4 Å². The molecule has 0 amide bonds. The van der Waals surface area contributed by atoms with Crippen molar-refractivity contribution in [3.05, 3.63) is 11.3 Å². The molecule has 0 aromatic rings. The summed E-state index contributed by atoms with van der Waals surface area (Å²) in [5.74, 6) is 3.27. The van der Waals surface area contributed by atoms with Crippen molar-refractivity contribution in [3.63, 3.8) is 0 Å². The maximum atomic E-state index is 12.1. The predicted octanol–water partition coefficient (Wildman–Crippen LogP) is -1.98. The Kier molecular flexibility index (Phi) is 17.3. The highest BCUT2D eigenvalue weighted by molar-refractivity contribution is 5.27. The van der Waals surface area contributed by atoms with Crippen LogP contribution in [0, 0.1) is 46.3 Å². The molecule has 5 heterocycles. The molecule has 0 unspecified atom stereocenters. The van der Waals surface area contributed by atoms with Gasteiger partial charge in [-0.15, -0.1) is 0 Å². The maximum Gasteiger partial charge on any atom is 0.187 e. The molecule has 0 spiro atoms. The van der Waals surface area contributed by atoms with Gasteiger partial charge in [0.1, 0.15) is 97.7 Å². The number of allylic oxidation sites excluding steroid dienone is 1. The number of rotatable bonds is 15. The molecule has 420 valence electrons. The average molecular weight is 1050 g/mol. The number of hydrogen-bond donors (Lipinski definition) is 13. The normalized spacial score (nSPS) is 53.5. The summed E-state index contributed by atoms with van der Waals surface area (Å²) >= 11 is 0. The predicted molar refractivity (Wildman–Crippen MR) is 249 cm³/mol. The van der Waals surface area contributed by atoms with Gasteiger partial charge < -0.3 is 109 Å². The molecule has 30 atom stereocenters.